The van der Waals surface area contributed by atoms with Crippen molar-refractivity contribution in [3.05, 3.63) is 64.3 Å². The van der Waals surface area contributed by atoms with Gasteiger partial charge in [-0.2, -0.15) is 0 Å². The van der Waals surface area contributed by atoms with Gasteiger partial charge in [-0.1, -0.05) is 45.6 Å². The van der Waals surface area contributed by atoms with Gasteiger partial charge in [0.1, 0.15) is 5.60 Å². The number of hydrogen-bond acceptors (Lipinski definition) is 4. The minimum Gasteiger partial charge on any atom is -0.444 e. The average Bonchev–Trinajstić information content (AvgIpc) is 3.11. The van der Waals surface area contributed by atoms with Crippen molar-refractivity contribution in [3.8, 4) is 12.3 Å². The molecule has 0 aliphatic carbocycles. The van der Waals surface area contributed by atoms with Crippen molar-refractivity contribution < 1.29 is 17.9 Å². The van der Waals surface area contributed by atoms with E-state index in [-0.39, 0.29) is 11.3 Å². The normalized spacial score (nSPS) is 12.9. The topological polar surface area (TPSA) is 68.6 Å². The number of terminal acetylenes is 1. The maximum atomic E-state index is 13.5. The number of carbonyl (C=O) groups excluding carboxylic acids is 1. The predicted octanol–water partition coefficient (Wildman–Crippen LogP) is 5.36. The van der Waals surface area contributed by atoms with E-state index >= 15 is 0 Å². The first kappa shape index (κ1) is 24.9. The highest BCUT2D eigenvalue weighted by Gasteiger charge is 2.27. The molecule has 0 radical (unpaired) electrons. The SMILES string of the molecule is C#CC(Cc1cn(S(=O)(=O)c2ccc(C)cc2)c2cccc(Br)c12)N(C)C(=O)OC(C)(C)C. The smallest absolute Gasteiger partial charge is 0.411 e. The third-order valence-electron chi connectivity index (χ3n) is 5.16. The van der Waals surface area contributed by atoms with E-state index in [1.54, 1.807) is 70.4 Å². The molecule has 0 aliphatic rings. The molecule has 0 spiro atoms. The number of likely N-dealkylation sites (N-methyl/N-ethyl adjacent to an activating group) is 1. The summed E-state index contributed by atoms with van der Waals surface area (Å²) in [5.41, 5.74) is 1.53. The van der Waals surface area contributed by atoms with Crippen molar-refractivity contribution in [3.63, 3.8) is 0 Å². The van der Waals surface area contributed by atoms with Gasteiger partial charge in [0.05, 0.1) is 16.5 Å². The number of aryl methyl sites for hydroxylation is 1. The molecule has 1 unspecified atom stereocenters. The molecule has 3 aromatic rings. The van der Waals surface area contributed by atoms with E-state index in [4.69, 9.17) is 11.2 Å². The molecule has 33 heavy (non-hydrogen) atoms. The summed E-state index contributed by atoms with van der Waals surface area (Å²) in [6, 6.07) is 11.5. The first-order chi connectivity index (χ1) is 15.3. The van der Waals surface area contributed by atoms with Crippen LogP contribution in [0.1, 0.15) is 31.9 Å². The van der Waals surface area contributed by atoms with Crippen LogP contribution in [0.2, 0.25) is 0 Å². The molecule has 0 fully saturated rings. The second kappa shape index (κ2) is 9.24. The number of nitrogens with zero attached hydrogens (tertiary/aromatic N) is 2. The van der Waals surface area contributed by atoms with Gasteiger partial charge in [-0.15, -0.1) is 6.42 Å². The molecule has 1 aromatic heterocycles. The van der Waals surface area contributed by atoms with Gasteiger partial charge >= 0.3 is 6.09 Å². The lowest BCUT2D eigenvalue weighted by atomic mass is 10.0. The highest BCUT2D eigenvalue weighted by molar-refractivity contribution is 9.10. The van der Waals surface area contributed by atoms with Gasteiger partial charge < -0.3 is 4.74 Å². The Labute approximate surface area is 203 Å². The Morgan fingerprint density at radius 1 is 1.21 bits per heavy atom. The highest BCUT2D eigenvalue weighted by atomic mass is 79.9. The molecule has 2 aromatic carbocycles. The third kappa shape index (κ3) is 5.26. The maximum Gasteiger partial charge on any atom is 0.411 e. The molecule has 1 atom stereocenters. The Kier molecular flexibility index (Phi) is 6.96. The van der Waals surface area contributed by atoms with Crippen LogP contribution in [-0.4, -0.2) is 42.1 Å². The van der Waals surface area contributed by atoms with Crippen molar-refractivity contribution in [1.29, 1.82) is 0 Å². The van der Waals surface area contributed by atoms with Gasteiger partial charge in [-0.3, -0.25) is 4.90 Å². The second-order valence-corrected chi connectivity index (χ2v) is 11.5. The summed E-state index contributed by atoms with van der Waals surface area (Å²) >= 11 is 3.55. The number of benzene rings is 2. The lowest BCUT2D eigenvalue weighted by Crippen LogP contribution is -2.41. The lowest BCUT2D eigenvalue weighted by molar-refractivity contribution is 0.0262. The van der Waals surface area contributed by atoms with Crippen molar-refractivity contribution in [2.24, 2.45) is 0 Å². The van der Waals surface area contributed by atoms with Crippen LogP contribution in [0.4, 0.5) is 4.79 Å². The molecular formula is C25H27BrN2O4S. The van der Waals surface area contributed by atoms with Crippen LogP contribution in [0.3, 0.4) is 0 Å². The molecular weight excluding hydrogens is 504 g/mol. The quantitative estimate of drug-likeness (QED) is 0.416. The van der Waals surface area contributed by atoms with Crippen molar-refractivity contribution in [2.45, 2.75) is 50.7 Å². The lowest BCUT2D eigenvalue weighted by Gasteiger charge is -2.28. The summed E-state index contributed by atoms with van der Waals surface area (Å²) in [7, 11) is -2.26. The highest BCUT2D eigenvalue weighted by Crippen LogP contribution is 2.33. The van der Waals surface area contributed by atoms with Crippen LogP contribution in [0.5, 0.6) is 0 Å². The minimum absolute atomic E-state index is 0.191. The first-order valence-corrected chi connectivity index (χ1v) is 12.6. The summed E-state index contributed by atoms with van der Waals surface area (Å²) < 4.78 is 34.4. The van der Waals surface area contributed by atoms with E-state index in [0.29, 0.717) is 11.1 Å². The number of fused-ring (bicyclic) bond motifs is 1. The predicted molar refractivity (Wildman–Crippen MR) is 134 cm³/mol. The van der Waals surface area contributed by atoms with Gasteiger partial charge in [0.25, 0.3) is 10.0 Å². The minimum atomic E-state index is -3.84. The number of halogens is 1. The second-order valence-electron chi connectivity index (χ2n) is 8.88. The van der Waals surface area contributed by atoms with Gasteiger partial charge in [-0.05, 0) is 57.5 Å². The van der Waals surface area contributed by atoms with E-state index < -0.39 is 27.8 Å². The largest absolute Gasteiger partial charge is 0.444 e. The Bertz CT molecular complexity index is 1330. The zero-order valence-electron chi connectivity index (χ0n) is 19.3. The van der Waals surface area contributed by atoms with Crippen LogP contribution in [0.15, 0.2) is 58.0 Å². The van der Waals surface area contributed by atoms with E-state index in [0.717, 1.165) is 15.4 Å². The van der Waals surface area contributed by atoms with Gasteiger partial charge in [0.2, 0.25) is 0 Å². The van der Waals surface area contributed by atoms with Crippen molar-refractivity contribution in [1.82, 2.24) is 8.87 Å². The fourth-order valence-corrected chi connectivity index (χ4v) is 5.44. The fourth-order valence-electron chi connectivity index (χ4n) is 3.44. The van der Waals surface area contributed by atoms with Crippen LogP contribution in [-0.2, 0) is 21.2 Å². The number of hydrogen-bond donors (Lipinski definition) is 0. The monoisotopic (exact) mass is 530 g/mol. The average molecular weight is 531 g/mol. The van der Waals surface area contributed by atoms with Crippen LogP contribution in [0, 0.1) is 19.3 Å². The van der Waals surface area contributed by atoms with E-state index in [1.165, 1.54) is 8.87 Å². The molecule has 0 aliphatic heterocycles. The summed E-state index contributed by atoms with van der Waals surface area (Å²) in [6.45, 7) is 7.25. The number of amides is 1. The molecule has 3 rings (SSSR count). The van der Waals surface area contributed by atoms with Gasteiger partial charge in [0.15, 0.2) is 0 Å². The molecule has 0 bridgehead atoms. The summed E-state index contributed by atoms with van der Waals surface area (Å²) in [4.78, 5) is 14.1. The molecule has 0 N–H and O–H groups in total. The Balaban J connectivity index is 2.07. The number of aromatic nitrogens is 1. The Hall–Kier alpha value is -2.76. The number of ether oxygens (including phenoxy) is 1. The van der Waals surface area contributed by atoms with Gasteiger partial charge in [-0.25, -0.2) is 17.2 Å². The third-order valence-corrected chi connectivity index (χ3v) is 7.50. The summed E-state index contributed by atoms with van der Waals surface area (Å²) in [5.74, 6) is 2.64. The Morgan fingerprint density at radius 3 is 2.42 bits per heavy atom. The molecule has 1 amide bonds. The maximum absolute atomic E-state index is 13.5. The van der Waals surface area contributed by atoms with Crippen LogP contribution in [0.25, 0.3) is 10.9 Å². The number of rotatable bonds is 5. The molecule has 6 nitrogen and oxygen atoms in total. The van der Waals surface area contributed by atoms with Crippen molar-refractivity contribution >= 4 is 42.9 Å². The number of carbonyl (C=O) groups is 1. The van der Waals surface area contributed by atoms with Crippen LogP contribution < -0.4 is 0 Å². The van der Waals surface area contributed by atoms with E-state index in [2.05, 4.69) is 21.9 Å². The zero-order valence-corrected chi connectivity index (χ0v) is 21.7. The van der Waals surface area contributed by atoms with E-state index in [1.807, 2.05) is 13.0 Å². The molecule has 1 heterocycles. The molecule has 0 saturated carbocycles. The summed E-state index contributed by atoms with van der Waals surface area (Å²) in [6.07, 6.45) is 7.06. The molecule has 174 valence electrons. The van der Waals surface area contributed by atoms with Crippen molar-refractivity contribution in [2.75, 3.05) is 7.05 Å². The summed E-state index contributed by atoms with van der Waals surface area (Å²) in [5, 5.41) is 0.728. The van der Waals surface area contributed by atoms with E-state index in [9.17, 15) is 13.2 Å². The standard InChI is InChI=1S/C25H27BrN2O4S/c1-7-19(27(6)24(29)32-25(3,4)5)15-18-16-28(22-10-8-9-21(26)23(18)22)33(30,31)20-13-11-17(2)12-14-20/h1,8-14,16,19H,15H2,2-6H3. The van der Waals surface area contributed by atoms with Gasteiger partial charge in [0, 0.05) is 29.5 Å². The first-order valence-electron chi connectivity index (χ1n) is 10.4. The van der Waals surface area contributed by atoms with Crippen LogP contribution >= 0.6 is 15.9 Å². The molecule has 0 saturated heterocycles. The Morgan fingerprint density at radius 2 is 1.85 bits per heavy atom. The molecule has 8 heteroatoms. The fraction of sp³-hybridized carbons (Fsp3) is 0.320. The zero-order chi connectivity index (χ0) is 24.6.